The summed E-state index contributed by atoms with van der Waals surface area (Å²) in [5, 5.41) is 0. The van der Waals surface area contributed by atoms with Crippen LogP contribution in [0.5, 0.6) is 0 Å². The molecule has 2 heteroatoms. The lowest BCUT2D eigenvalue weighted by Gasteiger charge is -2.05. The summed E-state index contributed by atoms with van der Waals surface area (Å²) < 4.78 is 26.3. The van der Waals surface area contributed by atoms with Crippen LogP contribution in [0, 0.1) is 0 Å². The Hall–Kier alpha value is -1.96. The van der Waals surface area contributed by atoms with Gasteiger partial charge < -0.3 is 0 Å². The molecule has 0 spiro atoms. The van der Waals surface area contributed by atoms with E-state index >= 15 is 0 Å². The van der Waals surface area contributed by atoms with Gasteiger partial charge >= 0.3 is 0 Å². The number of hydrogen-bond donors (Lipinski definition) is 0. The van der Waals surface area contributed by atoms with Gasteiger partial charge in [0.05, 0.1) is 0 Å². The van der Waals surface area contributed by atoms with Crippen molar-refractivity contribution in [2.24, 2.45) is 0 Å². The Bertz CT molecular complexity index is 618. The van der Waals surface area contributed by atoms with Crippen LogP contribution in [0.2, 0.25) is 0 Å². The predicted octanol–water partition coefficient (Wildman–Crippen LogP) is 6.05. The first-order valence-corrected chi connectivity index (χ1v) is 7.79. The van der Waals surface area contributed by atoms with Crippen LogP contribution in [-0.4, -0.2) is 0 Å². The van der Waals surface area contributed by atoms with Crippen molar-refractivity contribution in [3.05, 3.63) is 76.6 Å². The minimum absolute atomic E-state index is 0.299. The summed E-state index contributed by atoms with van der Waals surface area (Å²) in [6, 6.07) is 15.7. The first-order valence-electron chi connectivity index (χ1n) is 7.79. The molecule has 2 aromatic rings. The molecule has 0 atom stereocenters. The zero-order chi connectivity index (χ0) is 15.9. The minimum atomic E-state index is -0.780. The van der Waals surface area contributed by atoms with Crippen molar-refractivity contribution in [1.82, 2.24) is 0 Å². The second-order valence-corrected chi connectivity index (χ2v) is 5.61. The van der Waals surface area contributed by atoms with Gasteiger partial charge in [0.2, 0.25) is 0 Å². The quantitative estimate of drug-likeness (QED) is 0.609. The summed E-state index contributed by atoms with van der Waals surface area (Å²) in [6.45, 7) is 3.31. The monoisotopic (exact) mass is 300 g/mol. The van der Waals surface area contributed by atoms with Gasteiger partial charge in [-0.25, -0.2) is 8.78 Å². The lowest BCUT2D eigenvalue weighted by molar-refractivity contribution is 0.606. The van der Waals surface area contributed by atoms with Crippen LogP contribution < -0.4 is 0 Å². The Morgan fingerprint density at radius 3 is 1.55 bits per heavy atom. The molecule has 0 amide bonds. The lowest BCUT2D eigenvalue weighted by Crippen LogP contribution is -1.93. The second-order valence-electron chi connectivity index (χ2n) is 5.61. The third-order valence-corrected chi connectivity index (χ3v) is 3.77. The normalized spacial score (nSPS) is 12.2. The Balaban J connectivity index is 1.95. The Morgan fingerprint density at radius 1 is 0.727 bits per heavy atom. The molecule has 0 unspecified atom stereocenters. The van der Waals surface area contributed by atoms with Gasteiger partial charge in [-0.1, -0.05) is 61.9 Å². The van der Waals surface area contributed by atoms with Crippen LogP contribution in [0.3, 0.4) is 0 Å². The van der Waals surface area contributed by atoms with Crippen LogP contribution in [0.4, 0.5) is 8.78 Å². The molecule has 116 valence electrons. The fraction of sp³-hybridized carbons (Fsp3) is 0.300. The van der Waals surface area contributed by atoms with Gasteiger partial charge in [0.15, 0.2) is 5.83 Å². The molecule has 0 aliphatic rings. The highest BCUT2D eigenvalue weighted by Crippen LogP contribution is 2.21. The molecule has 0 fully saturated rings. The molecule has 0 heterocycles. The highest BCUT2D eigenvalue weighted by molar-refractivity contribution is 5.60. The van der Waals surface area contributed by atoms with E-state index in [4.69, 9.17) is 0 Å². The van der Waals surface area contributed by atoms with Crippen molar-refractivity contribution >= 4 is 5.83 Å². The Morgan fingerprint density at radius 2 is 1.14 bits per heavy atom. The molecule has 0 aliphatic heterocycles. The molecule has 0 saturated carbocycles. The second kappa shape index (κ2) is 7.88. The third kappa shape index (κ3) is 4.52. The maximum Gasteiger partial charge on any atom is 0.161 e. The molecule has 0 aromatic heterocycles. The number of hydrogen-bond acceptors (Lipinski definition) is 0. The third-order valence-electron chi connectivity index (χ3n) is 3.77. The number of rotatable bonds is 6. The summed E-state index contributed by atoms with van der Waals surface area (Å²) in [4.78, 5) is 0. The average Bonchev–Trinajstić information content (AvgIpc) is 2.54. The molecule has 2 aromatic carbocycles. The molecular weight excluding hydrogens is 278 g/mol. The number of allylic oxidation sites excluding steroid dienone is 1. The Labute approximate surface area is 131 Å². The van der Waals surface area contributed by atoms with E-state index in [1.54, 1.807) is 12.1 Å². The van der Waals surface area contributed by atoms with E-state index in [1.807, 2.05) is 12.1 Å². The molecule has 0 bridgehead atoms. The fourth-order valence-electron chi connectivity index (χ4n) is 2.47. The standard InChI is InChI=1S/C20H22F2/c1-3-4-16-5-7-17(8-6-16)9-10-18-11-13-19(14-12-18)20(22)15(2)21/h5-8,11-14H,3-4,9-10H2,1-2H3/b20-15+. The number of benzene rings is 2. The van der Waals surface area contributed by atoms with Gasteiger partial charge in [0, 0.05) is 5.56 Å². The number of aryl methyl sites for hydroxylation is 3. The maximum atomic E-state index is 13.4. The van der Waals surface area contributed by atoms with Crippen LogP contribution in [0.15, 0.2) is 54.4 Å². The molecule has 0 nitrogen and oxygen atoms in total. The van der Waals surface area contributed by atoms with Crippen LogP contribution >= 0.6 is 0 Å². The van der Waals surface area contributed by atoms with Crippen molar-refractivity contribution < 1.29 is 8.78 Å². The lowest BCUT2D eigenvalue weighted by atomic mass is 10.0. The van der Waals surface area contributed by atoms with E-state index in [1.165, 1.54) is 11.1 Å². The molecule has 0 saturated heterocycles. The van der Waals surface area contributed by atoms with Crippen LogP contribution in [0.25, 0.3) is 5.83 Å². The molecule has 0 radical (unpaired) electrons. The van der Waals surface area contributed by atoms with Crippen molar-refractivity contribution in [2.75, 3.05) is 0 Å². The summed E-state index contributed by atoms with van der Waals surface area (Å²) >= 11 is 0. The zero-order valence-corrected chi connectivity index (χ0v) is 13.2. The first kappa shape index (κ1) is 16.4. The van der Waals surface area contributed by atoms with Gasteiger partial charge in [0.25, 0.3) is 0 Å². The topological polar surface area (TPSA) is 0 Å². The molecule has 0 aliphatic carbocycles. The molecule has 22 heavy (non-hydrogen) atoms. The van der Waals surface area contributed by atoms with E-state index in [0.717, 1.165) is 38.2 Å². The fourth-order valence-corrected chi connectivity index (χ4v) is 2.47. The van der Waals surface area contributed by atoms with E-state index in [-0.39, 0.29) is 0 Å². The van der Waals surface area contributed by atoms with E-state index in [0.29, 0.717) is 5.56 Å². The van der Waals surface area contributed by atoms with Crippen molar-refractivity contribution in [3.8, 4) is 0 Å². The minimum Gasteiger partial charge on any atom is -0.209 e. The van der Waals surface area contributed by atoms with Crippen molar-refractivity contribution in [1.29, 1.82) is 0 Å². The van der Waals surface area contributed by atoms with E-state index in [2.05, 4.69) is 31.2 Å². The summed E-state index contributed by atoms with van der Waals surface area (Å²) in [7, 11) is 0. The van der Waals surface area contributed by atoms with E-state index in [9.17, 15) is 8.78 Å². The van der Waals surface area contributed by atoms with Crippen molar-refractivity contribution in [2.45, 2.75) is 39.5 Å². The first-order chi connectivity index (χ1) is 10.6. The molecule has 2 rings (SSSR count). The highest BCUT2D eigenvalue weighted by atomic mass is 19.2. The van der Waals surface area contributed by atoms with Gasteiger partial charge in [-0.05, 0) is 42.9 Å². The van der Waals surface area contributed by atoms with Gasteiger partial charge in [-0.15, -0.1) is 0 Å². The van der Waals surface area contributed by atoms with Crippen molar-refractivity contribution in [3.63, 3.8) is 0 Å². The van der Waals surface area contributed by atoms with E-state index < -0.39 is 11.7 Å². The summed E-state index contributed by atoms with van der Waals surface area (Å²) in [5.74, 6) is -1.56. The summed E-state index contributed by atoms with van der Waals surface area (Å²) in [6.07, 6.45) is 4.13. The highest BCUT2D eigenvalue weighted by Gasteiger charge is 2.05. The van der Waals surface area contributed by atoms with Crippen LogP contribution in [0.1, 0.15) is 42.5 Å². The van der Waals surface area contributed by atoms with Gasteiger partial charge in [-0.2, -0.15) is 0 Å². The zero-order valence-electron chi connectivity index (χ0n) is 13.2. The molecular formula is C20H22F2. The SMILES string of the molecule is CCCc1ccc(CCc2ccc(/C(F)=C(/C)F)cc2)cc1. The smallest absolute Gasteiger partial charge is 0.161 e. The largest absolute Gasteiger partial charge is 0.209 e. The summed E-state index contributed by atoms with van der Waals surface area (Å²) in [5.41, 5.74) is 4.10. The predicted molar refractivity (Wildman–Crippen MR) is 89.1 cm³/mol. The van der Waals surface area contributed by atoms with Crippen LogP contribution in [-0.2, 0) is 19.3 Å². The molecule has 0 N–H and O–H groups in total. The average molecular weight is 300 g/mol. The maximum absolute atomic E-state index is 13.4. The van der Waals surface area contributed by atoms with Gasteiger partial charge in [0.1, 0.15) is 5.83 Å². The number of halogens is 2. The van der Waals surface area contributed by atoms with Gasteiger partial charge in [-0.3, -0.25) is 0 Å². The Kier molecular flexibility index (Phi) is 5.88.